The summed E-state index contributed by atoms with van der Waals surface area (Å²) in [5, 5.41) is 0.339. The molecule has 5 heteroatoms. The second kappa shape index (κ2) is 5.59. The summed E-state index contributed by atoms with van der Waals surface area (Å²) in [5.74, 6) is 1.95. The lowest BCUT2D eigenvalue weighted by Gasteiger charge is -2.45. The largest absolute Gasteiger partial charge is 0.496 e. The molecule has 1 aliphatic heterocycles. The maximum atomic E-state index is 13.4. The molecule has 1 aromatic carbocycles. The second-order valence-electron chi connectivity index (χ2n) is 6.77. The lowest BCUT2D eigenvalue weighted by molar-refractivity contribution is -0.0431. The van der Waals surface area contributed by atoms with Gasteiger partial charge in [0, 0.05) is 17.9 Å². The Bertz CT molecular complexity index is 657. The van der Waals surface area contributed by atoms with Gasteiger partial charge in [-0.05, 0) is 18.8 Å². The molecule has 0 radical (unpaired) electrons. The van der Waals surface area contributed by atoms with Gasteiger partial charge in [-0.1, -0.05) is 32.4 Å². The SMILES string of the molecule is COc1cc(OC)c2c(c1Cl)O[C@@]1(C2=O)C(C)CCC(C)C1C. The molecule has 0 amide bonds. The van der Waals surface area contributed by atoms with E-state index < -0.39 is 5.60 Å². The van der Waals surface area contributed by atoms with Gasteiger partial charge in [-0.15, -0.1) is 0 Å². The molecule has 0 aromatic heterocycles. The van der Waals surface area contributed by atoms with E-state index in [-0.39, 0.29) is 17.6 Å². The molecule has 3 rings (SSSR count). The van der Waals surface area contributed by atoms with Crippen molar-refractivity contribution >= 4 is 17.4 Å². The molecule has 1 fully saturated rings. The fraction of sp³-hybridized carbons (Fsp3) is 0.611. The Balaban J connectivity index is 2.20. The van der Waals surface area contributed by atoms with Gasteiger partial charge in [-0.25, -0.2) is 0 Å². The highest BCUT2D eigenvalue weighted by Crippen LogP contribution is 2.56. The van der Waals surface area contributed by atoms with Crippen LogP contribution in [0.2, 0.25) is 5.02 Å². The first kappa shape index (κ1) is 16.4. The van der Waals surface area contributed by atoms with Crippen molar-refractivity contribution in [2.45, 2.75) is 39.2 Å². The van der Waals surface area contributed by atoms with Crippen LogP contribution in [0.3, 0.4) is 0 Å². The minimum absolute atomic E-state index is 0.0135. The van der Waals surface area contributed by atoms with Gasteiger partial charge in [0.1, 0.15) is 22.1 Å². The number of fused-ring (bicyclic) bond motifs is 1. The number of methoxy groups -OCH3 is 2. The van der Waals surface area contributed by atoms with Gasteiger partial charge in [0.15, 0.2) is 11.4 Å². The number of hydrogen-bond acceptors (Lipinski definition) is 4. The van der Waals surface area contributed by atoms with E-state index in [0.717, 1.165) is 12.8 Å². The van der Waals surface area contributed by atoms with Crippen LogP contribution in [0.5, 0.6) is 17.2 Å². The molecule has 4 nitrogen and oxygen atoms in total. The minimum Gasteiger partial charge on any atom is -0.496 e. The van der Waals surface area contributed by atoms with Crippen LogP contribution in [-0.2, 0) is 0 Å². The van der Waals surface area contributed by atoms with Crippen LogP contribution in [0.15, 0.2) is 6.07 Å². The minimum atomic E-state index is -0.858. The summed E-state index contributed by atoms with van der Waals surface area (Å²) in [7, 11) is 3.07. The van der Waals surface area contributed by atoms with E-state index >= 15 is 0 Å². The van der Waals surface area contributed by atoms with E-state index in [4.69, 9.17) is 25.8 Å². The molecule has 1 saturated carbocycles. The van der Waals surface area contributed by atoms with Crippen molar-refractivity contribution < 1.29 is 19.0 Å². The molecule has 1 spiro atoms. The van der Waals surface area contributed by atoms with E-state index in [9.17, 15) is 4.79 Å². The zero-order valence-corrected chi connectivity index (χ0v) is 15.0. The van der Waals surface area contributed by atoms with Crippen molar-refractivity contribution in [3.05, 3.63) is 16.7 Å². The summed E-state index contributed by atoms with van der Waals surface area (Å²) in [6, 6.07) is 1.66. The first-order valence-corrected chi connectivity index (χ1v) is 8.44. The first-order chi connectivity index (χ1) is 10.9. The molecule has 1 aliphatic carbocycles. The van der Waals surface area contributed by atoms with Crippen molar-refractivity contribution in [2.24, 2.45) is 17.8 Å². The van der Waals surface area contributed by atoms with Gasteiger partial charge in [0.25, 0.3) is 0 Å². The number of Topliss-reactive ketones (excluding diaryl/α,β-unsaturated/α-hetero) is 1. The summed E-state index contributed by atoms with van der Waals surface area (Å²) in [4.78, 5) is 13.4. The van der Waals surface area contributed by atoms with Gasteiger partial charge in [0.05, 0.1) is 14.2 Å². The van der Waals surface area contributed by atoms with Gasteiger partial charge >= 0.3 is 0 Å². The molecule has 2 aliphatic rings. The topological polar surface area (TPSA) is 44.8 Å². The highest BCUT2D eigenvalue weighted by molar-refractivity contribution is 6.35. The molecule has 4 atom stereocenters. The van der Waals surface area contributed by atoms with Crippen LogP contribution in [0.25, 0.3) is 0 Å². The number of carbonyl (C=O) groups is 1. The van der Waals surface area contributed by atoms with Crippen molar-refractivity contribution in [2.75, 3.05) is 14.2 Å². The lowest BCUT2D eigenvalue weighted by Crippen LogP contribution is -2.56. The van der Waals surface area contributed by atoms with E-state index in [1.54, 1.807) is 6.07 Å². The zero-order valence-electron chi connectivity index (χ0n) is 14.2. The van der Waals surface area contributed by atoms with Crippen molar-refractivity contribution in [3.8, 4) is 17.2 Å². The standard InChI is InChI=1S/C18H23ClO4/c1-9-6-7-10(2)18(11(9)3)17(20)14-12(21-4)8-13(22-5)15(19)16(14)23-18/h8-11H,6-7H2,1-5H3/t9?,10?,11?,18-/m0/s1. The number of ketones is 1. The number of ether oxygens (including phenoxy) is 3. The van der Waals surface area contributed by atoms with Crippen LogP contribution >= 0.6 is 11.6 Å². The van der Waals surface area contributed by atoms with Gasteiger partial charge in [-0.2, -0.15) is 0 Å². The summed E-state index contributed by atoms with van der Waals surface area (Å²) in [6.07, 6.45) is 2.06. The normalized spacial score (nSPS) is 32.6. The molecule has 0 saturated heterocycles. The third-order valence-electron chi connectivity index (χ3n) is 5.76. The van der Waals surface area contributed by atoms with Crippen LogP contribution in [-0.4, -0.2) is 25.6 Å². The zero-order chi connectivity index (χ0) is 16.9. The Hall–Kier alpha value is -1.42. The highest BCUT2D eigenvalue weighted by atomic mass is 35.5. The second-order valence-corrected chi connectivity index (χ2v) is 7.15. The Labute approximate surface area is 142 Å². The third kappa shape index (κ3) is 2.07. The molecular formula is C18H23ClO4. The number of rotatable bonds is 2. The molecule has 3 unspecified atom stereocenters. The Morgan fingerprint density at radius 3 is 2.43 bits per heavy atom. The fourth-order valence-corrected chi connectivity index (χ4v) is 4.36. The predicted octanol–water partition coefficient (Wildman–Crippen LogP) is 4.37. The van der Waals surface area contributed by atoms with Gasteiger partial charge in [-0.3, -0.25) is 4.79 Å². The molecule has 1 aromatic rings. The Morgan fingerprint density at radius 1 is 1.17 bits per heavy atom. The van der Waals surface area contributed by atoms with E-state index in [1.165, 1.54) is 14.2 Å². The average molecular weight is 339 g/mol. The van der Waals surface area contributed by atoms with Crippen molar-refractivity contribution in [1.29, 1.82) is 0 Å². The maximum Gasteiger partial charge on any atom is 0.214 e. The smallest absolute Gasteiger partial charge is 0.214 e. The summed E-state index contributed by atoms with van der Waals surface area (Å²) < 4.78 is 17.0. The monoisotopic (exact) mass is 338 g/mol. The van der Waals surface area contributed by atoms with Crippen LogP contribution in [0.4, 0.5) is 0 Å². The van der Waals surface area contributed by atoms with Crippen LogP contribution in [0, 0.1) is 17.8 Å². The van der Waals surface area contributed by atoms with E-state index in [2.05, 4.69) is 20.8 Å². The van der Waals surface area contributed by atoms with Crippen molar-refractivity contribution in [1.82, 2.24) is 0 Å². The maximum absolute atomic E-state index is 13.4. The molecule has 23 heavy (non-hydrogen) atoms. The van der Waals surface area contributed by atoms with Crippen LogP contribution in [0.1, 0.15) is 44.0 Å². The molecule has 1 heterocycles. The van der Waals surface area contributed by atoms with Gasteiger partial charge < -0.3 is 14.2 Å². The van der Waals surface area contributed by atoms with E-state index in [0.29, 0.717) is 33.8 Å². The van der Waals surface area contributed by atoms with Gasteiger partial charge in [0.2, 0.25) is 5.78 Å². The number of halogens is 1. The summed E-state index contributed by atoms with van der Waals surface area (Å²) >= 11 is 6.43. The van der Waals surface area contributed by atoms with E-state index in [1.807, 2.05) is 0 Å². The summed E-state index contributed by atoms with van der Waals surface area (Å²) in [6.45, 7) is 6.36. The summed E-state index contributed by atoms with van der Waals surface area (Å²) in [5.41, 5.74) is -0.408. The fourth-order valence-electron chi connectivity index (χ4n) is 4.09. The Kier molecular flexibility index (Phi) is 3.99. The Morgan fingerprint density at radius 2 is 1.83 bits per heavy atom. The number of benzene rings is 1. The first-order valence-electron chi connectivity index (χ1n) is 8.06. The lowest BCUT2D eigenvalue weighted by atomic mass is 9.63. The quantitative estimate of drug-likeness (QED) is 0.803. The number of hydrogen-bond donors (Lipinski definition) is 0. The molecule has 0 N–H and O–H groups in total. The predicted molar refractivity (Wildman–Crippen MR) is 89.0 cm³/mol. The third-order valence-corrected chi connectivity index (χ3v) is 6.12. The highest BCUT2D eigenvalue weighted by Gasteiger charge is 2.59. The van der Waals surface area contributed by atoms with Crippen molar-refractivity contribution in [3.63, 3.8) is 0 Å². The number of carbonyl (C=O) groups excluding carboxylic acids is 1. The van der Waals surface area contributed by atoms with Crippen LogP contribution < -0.4 is 14.2 Å². The molecular weight excluding hydrogens is 316 g/mol. The average Bonchev–Trinajstić information content (AvgIpc) is 2.86. The molecule has 126 valence electrons. The molecule has 0 bridgehead atoms.